The molecule has 1 atom stereocenters. The van der Waals surface area contributed by atoms with E-state index in [2.05, 4.69) is 10.6 Å². The first-order chi connectivity index (χ1) is 10.6. The van der Waals surface area contributed by atoms with Crippen LogP contribution < -0.4 is 10.6 Å². The van der Waals surface area contributed by atoms with Gasteiger partial charge in [0.15, 0.2) is 0 Å². The zero-order chi connectivity index (χ0) is 15.2. The number of para-hydroxylation sites is 1. The average molecular weight is 298 g/mol. The molecule has 0 radical (unpaired) electrons. The number of benzene rings is 1. The molecule has 4 aliphatic carbocycles. The largest absolute Gasteiger partial charge is 0.374 e. The molecule has 1 aromatic rings. The fraction of sp³-hybridized carbons (Fsp3) is 0.632. The zero-order valence-corrected chi connectivity index (χ0v) is 13.3. The summed E-state index contributed by atoms with van der Waals surface area (Å²) in [6, 6.07) is 9.81. The summed E-state index contributed by atoms with van der Waals surface area (Å²) in [7, 11) is 0. The highest BCUT2D eigenvalue weighted by Gasteiger charge is 2.51. The Labute approximate surface area is 132 Å². The Morgan fingerprint density at radius 3 is 2.14 bits per heavy atom. The first-order valence-electron chi connectivity index (χ1n) is 8.75. The molecule has 3 heteroatoms. The molecule has 0 aromatic heterocycles. The molecule has 1 amide bonds. The lowest BCUT2D eigenvalue weighted by Gasteiger charge is -2.57. The molecule has 118 valence electrons. The smallest absolute Gasteiger partial charge is 0.242 e. The molecule has 1 aromatic carbocycles. The maximum absolute atomic E-state index is 12.7. The number of anilines is 1. The summed E-state index contributed by atoms with van der Waals surface area (Å²) in [5.41, 5.74) is 1.12. The molecule has 0 saturated heterocycles. The Hall–Kier alpha value is -1.51. The number of carbonyl (C=O) groups is 1. The normalized spacial score (nSPS) is 36.9. The van der Waals surface area contributed by atoms with Crippen molar-refractivity contribution >= 4 is 11.6 Å². The lowest BCUT2D eigenvalue weighted by atomic mass is 9.53. The summed E-state index contributed by atoms with van der Waals surface area (Å²) in [6.45, 7) is 1.96. The van der Waals surface area contributed by atoms with Gasteiger partial charge in [-0.3, -0.25) is 4.79 Å². The number of amides is 1. The second-order valence-electron chi connectivity index (χ2n) is 7.92. The van der Waals surface area contributed by atoms with Crippen molar-refractivity contribution in [3.8, 4) is 0 Å². The fourth-order valence-corrected chi connectivity index (χ4v) is 5.48. The van der Waals surface area contributed by atoms with Crippen LogP contribution >= 0.6 is 0 Å². The van der Waals surface area contributed by atoms with Gasteiger partial charge in [0.2, 0.25) is 5.91 Å². The minimum atomic E-state index is -0.185. The third kappa shape index (κ3) is 2.62. The van der Waals surface area contributed by atoms with Crippen LogP contribution in [0.4, 0.5) is 5.69 Å². The van der Waals surface area contributed by atoms with Crippen LogP contribution in [0.3, 0.4) is 0 Å². The molecule has 4 fully saturated rings. The zero-order valence-electron chi connectivity index (χ0n) is 13.3. The van der Waals surface area contributed by atoms with Crippen molar-refractivity contribution in [1.82, 2.24) is 5.32 Å². The van der Waals surface area contributed by atoms with Crippen molar-refractivity contribution in [2.75, 3.05) is 5.32 Å². The molecule has 0 aliphatic heterocycles. The van der Waals surface area contributed by atoms with E-state index in [1.54, 1.807) is 0 Å². The molecule has 22 heavy (non-hydrogen) atoms. The monoisotopic (exact) mass is 298 g/mol. The van der Waals surface area contributed by atoms with Crippen LogP contribution in [0.5, 0.6) is 0 Å². The van der Waals surface area contributed by atoms with E-state index in [9.17, 15) is 4.79 Å². The van der Waals surface area contributed by atoms with Crippen LogP contribution in [0.1, 0.15) is 45.4 Å². The van der Waals surface area contributed by atoms with Gasteiger partial charge in [0, 0.05) is 11.2 Å². The highest BCUT2D eigenvalue weighted by atomic mass is 16.2. The minimum Gasteiger partial charge on any atom is -0.374 e. The van der Waals surface area contributed by atoms with Gasteiger partial charge >= 0.3 is 0 Å². The summed E-state index contributed by atoms with van der Waals surface area (Å²) < 4.78 is 0. The predicted molar refractivity (Wildman–Crippen MR) is 88.6 cm³/mol. The molecule has 2 N–H and O–H groups in total. The van der Waals surface area contributed by atoms with Crippen molar-refractivity contribution < 1.29 is 4.79 Å². The predicted octanol–water partition coefficient (Wildman–Crippen LogP) is 3.57. The Morgan fingerprint density at radius 1 is 1.05 bits per heavy atom. The van der Waals surface area contributed by atoms with Crippen LogP contribution in [0.25, 0.3) is 0 Å². The Balaban J connectivity index is 1.41. The van der Waals surface area contributed by atoms with E-state index < -0.39 is 0 Å². The number of rotatable bonds is 4. The van der Waals surface area contributed by atoms with Crippen LogP contribution in [0.15, 0.2) is 30.3 Å². The van der Waals surface area contributed by atoms with E-state index >= 15 is 0 Å². The SMILES string of the molecule is C[C@H](Nc1ccccc1)C(=O)NC12CC3CC(CC(C3)C1)C2. The van der Waals surface area contributed by atoms with E-state index in [1.807, 2.05) is 37.3 Å². The molecule has 0 unspecified atom stereocenters. The van der Waals surface area contributed by atoms with Gasteiger partial charge in [0.25, 0.3) is 0 Å². The minimum absolute atomic E-state index is 0.110. The topological polar surface area (TPSA) is 41.1 Å². The first kappa shape index (κ1) is 14.1. The van der Waals surface area contributed by atoms with Gasteiger partial charge in [-0.1, -0.05) is 18.2 Å². The summed E-state index contributed by atoms with van der Waals surface area (Å²) in [4.78, 5) is 12.7. The lowest BCUT2D eigenvalue weighted by Crippen LogP contribution is -2.61. The van der Waals surface area contributed by atoms with Gasteiger partial charge in [0.05, 0.1) is 0 Å². The molecule has 4 saturated carbocycles. The number of hydrogen-bond acceptors (Lipinski definition) is 2. The molecular formula is C19H26N2O. The van der Waals surface area contributed by atoms with Crippen molar-refractivity contribution in [1.29, 1.82) is 0 Å². The van der Waals surface area contributed by atoms with E-state index in [4.69, 9.17) is 0 Å². The van der Waals surface area contributed by atoms with Crippen LogP contribution in [0.2, 0.25) is 0 Å². The van der Waals surface area contributed by atoms with E-state index in [1.165, 1.54) is 38.5 Å². The fourth-order valence-electron chi connectivity index (χ4n) is 5.48. The summed E-state index contributed by atoms with van der Waals surface area (Å²) in [6.07, 6.45) is 7.86. The van der Waals surface area contributed by atoms with Gasteiger partial charge in [-0.15, -0.1) is 0 Å². The van der Waals surface area contributed by atoms with Gasteiger partial charge in [-0.2, -0.15) is 0 Å². The van der Waals surface area contributed by atoms with Crippen LogP contribution in [-0.4, -0.2) is 17.5 Å². The third-order valence-corrected chi connectivity index (χ3v) is 5.98. The van der Waals surface area contributed by atoms with Crippen LogP contribution in [0, 0.1) is 17.8 Å². The second-order valence-corrected chi connectivity index (χ2v) is 7.92. The molecule has 4 aliphatic rings. The average Bonchev–Trinajstić information content (AvgIpc) is 2.46. The third-order valence-electron chi connectivity index (χ3n) is 5.98. The number of carbonyl (C=O) groups excluding carboxylic acids is 1. The van der Waals surface area contributed by atoms with E-state index in [0.29, 0.717) is 0 Å². The molecule has 0 heterocycles. The summed E-state index contributed by atoms with van der Waals surface area (Å²) in [5.74, 6) is 2.75. The number of hydrogen-bond donors (Lipinski definition) is 2. The summed E-state index contributed by atoms with van der Waals surface area (Å²) >= 11 is 0. The maximum atomic E-state index is 12.7. The van der Waals surface area contributed by atoms with Gasteiger partial charge in [-0.25, -0.2) is 0 Å². The molecule has 5 rings (SSSR count). The lowest BCUT2D eigenvalue weighted by molar-refractivity contribution is -0.127. The molecule has 0 spiro atoms. The Kier molecular flexibility index (Phi) is 3.39. The Bertz CT molecular complexity index is 519. The Morgan fingerprint density at radius 2 is 1.59 bits per heavy atom. The second kappa shape index (κ2) is 5.29. The molecule has 4 bridgehead atoms. The van der Waals surface area contributed by atoms with Gasteiger partial charge in [-0.05, 0) is 75.3 Å². The van der Waals surface area contributed by atoms with E-state index in [0.717, 1.165) is 23.4 Å². The molecule has 3 nitrogen and oxygen atoms in total. The van der Waals surface area contributed by atoms with E-state index in [-0.39, 0.29) is 17.5 Å². The number of nitrogens with one attached hydrogen (secondary N) is 2. The maximum Gasteiger partial charge on any atom is 0.242 e. The van der Waals surface area contributed by atoms with Crippen molar-refractivity contribution in [3.05, 3.63) is 30.3 Å². The molecular weight excluding hydrogens is 272 g/mol. The highest BCUT2D eigenvalue weighted by Crippen LogP contribution is 2.55. The first-order valence-corrected chi connectivity index (χ1v) is 8.75. The quantitative estimate of drug-likeness (QED) is 0.892. The van der Waals surface area contributed by atoms with Crippen molar-refractivity contribution in [3.63, 3.8) is 0 Å². The van der Waals surface area contributed by atoms with Gasteiger partial charge < -0.3 is 10.6 Å². The van der Waals surface area contributed by atoms with Crippen molar-refractivity contribution in [2.45, 2.75) is 57.0 Å². The van der Waals surface area contributed by atoms with Gasteiger partial charge in [0.1, 0.15) is 6.04 Å². The van der Waals surface area contributed by atoms with Crippen LogP contribution in [-0.2, 0) is 4.79 Å². The van der Waals surface area contributed by atoms with Crippen molar-refractivity contribution in [2.24, 2.45) is 17.8 Å². The summed E-state index contributed by atoms with van der Waals surface area (Å²) in [5, 5.41) is 6.76. The highest BCUT2D eigenvalue weighted by molar-refractivity contribution is 5.84. The standard InChI is InChI=1S/C19H26N2O/c1-13(20-17-5-3-2-4-6-17)18(22)21-19-10-14-7-15(11-19)9-16(8-14)12-19/h2-6,13-16,20H,7-12H2,1H3,(H,21,22)/t13-,14?,15?,16?,19?/m0/s1.